The number of ether oxygens (including phenoxy) is 1. The summed E-state index contributed by atoms with van der Waals surface area (Å²) in [5.74, 6) is 0.698. The van der Waals surface area contributed by atoms with E-state index >= 15 is 0 Å². The van der Waals surface area contributed by atoms with Gasteiger partial charge in [0, 0.05) is 12.1 Å². The second-order valence-electron chi connectivity index (χ2n) is 7.36. The van der Waals surface area contributed by atoms with Crippen molar-refractivity contribution in [1.82, 2.24) is 5.32 Å². The molecule has 0 spiro atoms. The highest BCUT2D eigenvalue weighted by molar-refractivity contribution is 5.94. The Balaban J connectivity index is 0.00000338. The monoisotopic (exact) mass is 376 g/mol. The Morgan fingerprint density at radius 2 is 1.65 bits per heavy atom. The Hall–Kier alpha value is -2.04. The first-order valence-electron chi connectivity index (χ1n) is 8.63. The number of carbonyl (C=O) groups excluding carboxylic acids is 1. The van der Waals surface area contributed by atoms with Crippen LogP contribution in [0.3, 0.4) is 0 Å². The summed E-state index contributed by atoms with van der Waals surface area (Å²) in [6, 6.07) is 15.3. The number of amides is 1. The van der Waals surface area contributed by atoms with Crippen LogP contribution in [0.15, 0.2) is 48.5 Å². The standard InChI is InChI=1S/C21H28N2O2.ClH/c1-15(23-20(24)17-7-5-16(13-22)6-8-17)14-25-19-11-9-18(10-12-19)21(2,3)4;/h5-12,15H,13-14,22H2,1-4H3,(H,23,24);1H. The molecule has 1 atom stereocenters. The maximum atomic E-state index is 12.2. The summed E-state index contributed by atoms with van der Waals surface area (Å²) in [6.07, 6.45) is 0. The van der Waals surface area contributed by atoms with Gasteiger partial charge >= 0.3 is 0 Å². The van der Waals surface area contributed by atoms with E-state index in [-0.39, 0.29) is 29.8 Å². The van der Waals surface area contributed by atoms with Crippen LogP contribution in [0, 0.1) is 0 Å². The molecule has 0 radical (unpaired) electrons. The van der Waals surface area contributed by atoms with Crippen LogP contribution >= 0.6 is 12.4 Å². The molecule has 0 saturated heterocycles. The SMILES string of the molecule is CC(COc1ccc(C(C)(C)C)cc1)NC(=O)c1ccc(CN)cc1.Cl. The van der Waals surface area contributed by atoms with Crippen LogP contribution in [0.1, 0.15) is 49.2 Å². The Morgan fingerprint density at radius 3 is 2.15 bits per heavy atom. The van der Waals surface area contributed by atoms with E-state index in [1.165, 1.54) is 5.56 Å². The number of halogens is 1. The first kappa shape index (κ1) is 22.0. The number of hydrogen-bond acceptors (Lipinski definition) is 3. The van der Waals surface area contributed by atoms with Crippen molar-refractivity contribution in [2.75, 3.05) is 6.61 Å². The fraction of sp³-hybridized carbons (Fsp3) is 0.381. The molecule has 142 valence electrons. The topological polar surface area (TPSA) is 64.3 Å². The maximum Gasteiger partial charge on any atom is 0.251 e. The molecule has 0 aliphatic heterocycles. The van der Waals surface area contributed by atoms with Crippen LogP contribution in [0.4, 0.5) is 0 Å². The lowest BCUT2D eigenvalue weighted by atomic mass is 9.87. The summed E-state index contributed by atoms with van der Waals surface area (Å²) >= 11 is 0. The zero-order valence-corrected chi connectivity index (χ0v) is 16.7. The minimum absolute atomic E-state index is 0. The van der Waals surface area contributed by atoms with Crippen LogP contribution in [-0.2, 0) is 12.0 Å². The van der Waals surface area contributed by atoms with E-state index in [1.54, 1.807) is 12.1 Å². The second-order valence-corrected chi connectivity index (χ2v) is 7.36. The van der Waals surface area contributed by atoms with Gasteiger partial charge in [-0.15, -0.1) is 12.4 Å². The molecule has 5 heteroatoms. The zero-order valence-electron chi connectivity index (χ0n) is 15.9. The molecule has 0 heterocycles. The quantitative estimate of drug-likeness (QED) is 0.798. The number of nitrogens with two attached hydrogens (primary N) is 1. The zero-order chi connectivity index (χ0) is 18.4. The summed E-state index contributed by atoms with van der Waals surface area (Å²) in [4.78, 5) is 12.2. The van der Waals surface area contributed by atoms with Gasteiger partial charge in [-0.3, -0.25) is 4.79 Å². The average Bonchev–Trinajstić information content (AvgIpc) is 2.59. The smallest absolute Gasteiger partial charge is 0.251 e. The van der Waals surface area contributed by atoms with Crippen molar-refractivity contribution in [1.29, 1.82) is 0 Å². The summed E-state index contributed by atoms with van der Waals surface area (Å²) in [5.41, 5.74) is 8.59. The van der Waals surface area contributed by atoms with Crippen LogP contribution in [-0.4, -0.2) is 18.6 Å². The molecule has 1 amide bonds. The van der Waals surface area contributed by atoms with Crippen molar-refractivity contribution in [3.63, 3.8) is 0 Å². The molecule has 4 nitrogen and oxygen atoms in total. The van der Waals surface area contributed by atoms with Crippen molar-refractivity contribution < 1.29 is 9.53 Å². The van der Waals surface area contributed by atoms with Crippen LogP contribution in [0.5, 0.6) is 5.75 Å². The van der Waals surface area contributed by atoms with Crippen molar-refractivity contribution >= 4 is 18.3 Å². The van der Waals surface area contributed by atoms with E-state index in [9.17, 15) is 4.79 Å². The number of rotatable bonds is 6. The van der Waals surface area contributed by atoms with E-state index in [4.69, 9.17) is 10.5 Å². The molecular weight excluding hydrogens is 348 g/mol. The van der Waals surface area contributed by atoms with E-state index in [0.29, 0.717) is 18.7 Å². The van der Waals surface area contributed by atoms with Gasteiger partial charge in [0.05, 0.1) is 6.04 Å². The largest absolute Gasteiger partial charge is 0.491 e. The van der Waals surface area contributed by atoms with E-state index in [0.717, 1.165) is 11.3 Å². The predicted octanol–water partition coefficient (Wildman–Crippen LogP) is 4.06. The van der Waals surface area contributed by atoms with Gasteiger partial charge in [0.1, 0.15) is 12.4 Å². The maximum absolute atomic E-state index is 12.2. The Morgan fingerprint density at radius 1 is 1.08 bits per heavy atom. The molecular formula is C21H29ClN2O2. The van der Waals surface area contributed by atoms with Crippen molar-refractivity contribution in [2.45, 2.75) is 45.7 Å². The molecule has 0 aromatic heterocycles. The van der Waals surface area contributed by atoms with Crippen molar-refractivity contribution in [3.8, 4) is 5.75 Å². The van der Waals surface area contributed by atoms with Crippen molar-refractivity contribution in [3.05, 3.63) is 65.2 Å². The van der Waals surface area contributed by atoms with Gasteiger partial charge in [-0.25, -0.2) is 0 Å². The third-order valence-electron chi connectivity index (χ3n) is 4.05. The number of benzene rings is 2. The molecule has 26 heavy (non-hydrogen) atoms. The predicted molar refractivity (Wildman–Crippen MR) is 109 cm³/mol. The Bertz CT molecular complexity index is 691. The number of nitrogens with one attached hydrogen (secondary N) is 1. The summed E-state index contributed by atoms with van der Waals surface area (Å²) in [5, 5.41) is 2.94. The minimum atomic E-state index is -0.109. The Kier molecular flexibility index (Phi) is 8.12. The van der Waals surface area contributed by atoms with E-state index < -0.39 is 0 Å². The second kappa shape index (κ2) is 9.60. The number of carbonyl (C=O) groups is 1. The normalized spacial score (nSPS) is 12.0. The molecule has 0 saturated carbocycles. The van der Waals surface area contributed by atoms with Gasteiger partial charge in [-0.05, 0) is 47.7 Å². The lowest BCUT2D eigenvalue weighted by Crippen LogP contribution is -2.36. The van der Waals surface area contributed by atoms with Crippen LogP contribution in [0.2, 0.25) is 0 Å². The highest BCUT2D eigenvalue weighted by Gasteiger charge is 2.14. The highest BCUT2D eigenvalue weighted by Crippen LogP contribution is 2.24. The number of hydrogen-bond donors (Lipinski definition) is 2. The summed E-state index contributed by atoms with van der Waals surface area (Å²) in [7, 11) is 0. The van der Waals surface area contributed by atoms with Gasteiger partial charge in [0.15, 0.2) is 0 Å². The highest BCUT2D eigenvalue weighted by atomic mass is 35.5. The van der Waals surface area contributed by atoms with Gasteiger partial charge in [-0.1, -0.05) is 45.0 Å². The van der Waals surface area contributed by atoms with Gasteiger partial charge in [0.2, 0.25) is 0 Å². The molecule has 2 rings (SSSR count). The van der Waals surface area contributed by atoms with Crippen LogP contribution in [0.25, 0.3) is 0 Å². The molecule has 0 aliphatic rings. The fourth-order valence-corrected chi connectivity index (χ4v) is 2.41. The van der Waals surface area contributed by atoms with Crippen molar-refractivity contribution in [2.24, 2.45) is 5.73 Å². The van der Waals surface area contributed by atoms with Gasteiger partial charge < -0.3 is 15.8 Å². The molecule has 0 aliphatic carbocycles. The van der Waals surface area contributed by atoms with Gasteiger partial charge in [0.25, 0.3) is 5.91 Å². The minimum Gasteiger partial charge on any atom is -0.491 e. The molecule has 2 aromatic carbocycles. The molecule has 1 unspecified atom stereocenters. The lowest BCUT2D eigenvalue weighted by Gasteiger charge is -2.20. The first-order valence-corrected chi connectivity index (χ1v) is 8.63. The third kappa shape index (κ3) is 6.36. The summed E-state index contributed by atoms with van der Waals surface area (Å²) in [6.45, 7) is 9.36. The Labute approximate surface area is 162 Å². The summed E-state index contributed by atoms with van der Waals surface area (Å²) < 4.78 is 5.78. The van der Waals surface area contributed by atoms with Gasteiger partial charge in [-0.2, -0.15) is 0 Å². The lowest BCUT2D eigenvalue weighted by molar-refractivity contribution is 0.0926. The molecule has 0 bridgehead atoms. The first-order chi connectivity index (χ1) is 11.8. The van der Waals surface area contributed by atoms with Crippen LogP contribution < -0.4 is 15.8 Å². The third-order valence-corrected chi connectivity index (χ3v) is 4.05. The van der Waals surface area contributed by atoms with E-state index in [1.807, 2.05) is 31.2 Å². The fourth-order valence-electron chi connectivity index (χ4n) is 2.41. The molecule has 3 N–H and O–H groups in total. The average molecular weight is 377 g/mol. The van der Waals surface area contributed by atoms with E-state index in [2.05, 4.69) is 38.2 Å². The molecule has 2 aromatic rings. The molecule has 0 fully saturated rings.